The summed E-state index contributed by atoms with van der Waals surface area (Å²) in [6.45, 7) is 6.59. The van der Waals surface area contributed by atoms with Crippen LogP contribution in [-0.4, -0.2) is 32.3 Å². The second-order valence-electron chi connectivity index (χ2n) is 5.71. The molecule has 0 spiro atoms. The van der Waals surface area contributed by atoms with Gasteiger partial charge in [0, 0.05) is 32.3 Å². The van der Waals surface area contributed by atoms with E-state index in [1.165, 1.54) is 18.4 Å². The van der Waals surface area contributed by atoms with Crippen LogP contribution < -0.4 is 10.2 Å². The van der Waals surface area contributed by atoms with Gasteiger partial charge in [0.05, 0.1) is 17.9 Å². The van der Waals surface area contributed by atoms with E-state index in [-0.39, 0.29) is 6.04 Å². The minimum Gasteiger partial charge on any atom is -0.383 e. The number of hydrogen-bond donors (Lipinski definition) is 1. The summed E-state index contributed by atoms with van der Waals surface area (Å²) in [4.78, 5) is 2.22. The zero-order valence-electron chi connectivity index (χ0n) is 13.2. The molecule has 1 unspecified atom stereocenters. The Bertz CT molecular complexity index is 505. The first-order valence-electron chi connectivity index (χ1n) is 7.71. The Morgan fingerprint density at radius 1 is 1.48 bits per heavy atom. The van der Waals surface area contributed by atoms with Gasteiger partial charge in [0.15, 0.2) is 0 Å². The van der Waals surface area contributed by atoms with Crippen molar-refractivity contribution in [3.8, 4) is 6.07 Å². The largest absolute Gasteiger partial charge is 0.383 e. The van der Waals surface area contributed by atoms with Crippen LogP contribution in [0.15, 0.2) is 18.2 Å². The summed E-state index contributed by atoms with van der Waals surface area (Å²) in [6.07, 6.45) is 2.56. The first-order chi connectivity index (χ1) is 10.2. The Morgan fingerprint density at radius 2 is 2.24 bits per heavy atom. The van der Waals surface area contributed by atoms with Gasteiger partial charge in [0.2, 0.25) is 0 Å². The fraction of sp³-hybridized carbons (Fsp3) is 0.588. The third-order valence-corrected chi connectivity index (χ3v) is 3.94. The molecule has 0 amide bonds. The molecule has 1 fully saturated rings. The van der Waals surface area contributed by atoms with E-state index in [1.807, 2.05) is 6.07 Å². The molecule has 2 rings (SSSR count). The van der Waals surface area contributed by atoms with Crippen LogP contribution in [0.25, 0.3) is 0 Å². The van der Waals surface area contributed by atoms with Crippen molar-refractivity contribution in [1.82, 2.24) is 5.32 Å². The van der Waals surface area contributed by atoms with E-state index < -0.39 is 0 Å². The molecule has 0 bridgehead atoms. The number of rotatable bonds is 8. The van der Waals surface area contributed by atoms with Gasteiger partial charge in [0.25, 0.3) is 0 Å². The molecule has 4 heteroatoms. The van der Waals surface area contributed by atoms with E-state index in [4.69, 9.17) is 4.74 Å². The number of hydrogen-bond acceptors (Lipinski definition) is 4. The number of ether oxygens (including phenoxy) is 1. The normalized spacial score (nSPS) is 15.5. The molecule has 0 heterocycles. The number of anilines is 1. The number of nitriles is 1. The second-order valence-corrected chi connectivity index (χ2v) is 5.71. The van der Waals surface area contributed by atoms with E-state index in [9.17, 15) is 5.26 Å². The van der Waals surface area contributed by atoms with Gasteiger partial charge in [-0.2, -0.15) is 5.26 Å². The highest BCUT2D eigenvalue weighted by Crippen LogP contribution is 2.24. The molecule has 1 aromatic rings. The highest BCUT2D eigenvalue weighted by molar-refractivity contribution is 5.61. The van der Waals surface area contributed by atoms with Crippen LogP contribution in [0, 0.1) is 11.3 Å². The first-order valence-corrected chi connectivity index (χ1v) is 7.71. The van der Waals surface area contributed by atoms with E-state index in [0.29, 0.717) is 12.6 Å². The standard InChI is InChI=1S/C17H25N3O/c1-4-20(13(2)12-21-3)17-8-5-14(9-15(17)10-18)11-19-16-6-7-16/h5,8-9,13,16,19H,4,6-7,11-12H2,1-3H3. The Hall–Kier alpha value is -1.57. The Morgan fingerprint density at radius 3 is 2.81 bits per heavy atom. The molecule has 4 nitrogen and oxygen atoms in total. The number of methoxy groups -OCH3 is 1. The van der Waals surface area contributed by atoms with Crippen LogP contribution in [0.3, 0.4) is 0 Å². The number of nitrogens with one attached hydrogen (secondary N) is 1. The predicted octanol–water partition coefficient (Wildman–Crippen LogP) is 2.67. The molecule has 1 saturated carbocycles. The number of nitrogens with zero attached hydrogens (tertiary/aromatic N) is 2. The lowest BCUT2D eigenvalue weighted by molar-refractivity contribution is 0.182. The smallest absolute Gasteiger partial charge is 0.101 e. The highest BCUT2D eigenvalue weighted by atomic mass is 16.5. The quantitative estimate of drug-likeness (QED) is 0.798. The lowest BCUT2D eigenvalue weighted by Crippen LogP contribution is -2.36. The van der Waals surface area contributed by atoms with Crippen LogP contribution in [0.2, 0.25) is 0 Å². The lowest BCUT2D eigenvalue weighted by atomic mass is 10.1. The van der Waals surface area contributed by atoms with Gasteiger partial charge in [-0.1, -0.05) is 6.07 Å². The summed E-state index contributed by atoms with van der Waals surface area (Å²) >= 11 is 0. The van der Waals surface area contributed by atoms with E-state index in [1.54, 1.807) is 7.11 Å². The molecule has 1 aromatic carbocycles. The fourth-order valence-corrected chi connectivity index (χ4v) is 2.63. The third-order valence-electron chi connectivity index (χ3n) is 3.94. The minimum atomic E-state index is 0.252. The van der Waals surface area contributed by atoms with Crippen LogP contribution >= 0.6 is 0 Å². The monoisotopic (exact) mass is 287 g/mol. The van der Waals surface area contributed by atoms with Crippen molar-refractivity contribution in [3.63, 3.8) is 0 Å². The zero-order valence-corrected chi connectivity index (χ0v) is 13.2. The summed E-state index contributed by atoms with van der Waals surface area (Å²) in [5, 5.41) is 12.9. The summed E-state index contributed by atoms with van der Waals surface area (Å²) in [6, 6.07) is 9.47. The molecular formula is C17H25N3O. The summed E-state index contributed by atoms with van der Waals surface area (Å²) in [5.74, 6) is 0. The Labute approximate surface area is 127 Å². The van der Waals surface area contributed by atoms with Gasteiger partial charge in [-0.05, 0) is 44.4 Å². The molecule has 1 atom stereocenters. The predicted molar refractivity (Wildman–Crippen MR) is 85.4 cm³/mol. The molecule has 1 aliphatic carbocycles. The molecule has 1 N–H and O–H groups in total. The molecular weight excluding hydrogens is 262 g/mol. The second kappa shape index (κ2) is 7.44. The van der Waals surface area contributed by atoms with E-state index in [0.717, 1.165) is 24.3 Å². The molecule has 0 aromatic heterocycles. The van der Waals surface area contributed by atoms with E-state index in [2.05, 4.69) is 42.3 Å². The van der Waals surface area contributed by atoms with Crippen molar-refractivity contribution < 1.29 is 4.74 Å². The SMILES string of the molecule is CCN(c1ccc(CNC2CC2)cc1C#N)C(C)COC. The maximum absolute atomic E-state index is 9.46. The molecule has 1 aliphatic rings. The first kappa shape index (κ1) is 15.8. The fourth-order valence-electron chi connectivity index (χ4n) is 2.63. The van der Waals surface area contributed by atoms with E-state index >= 15 is 0 Å². The van der Waals surface area contributed by atoms with Crippen LogP contribution in [0.1, 0.15) is 37.8 Å². The Kier molecular flexibility index (Phi) is 5.60. The summed E-state index contributed by atoms with van der Waals surface area (Å²) in [7, 11) is 1.71. The minimum absolute atomic E-state index is 0.252. The van der Waals surface area contributed by atoms with Gasteiger partial charge in [-0.15, -0.1) is 0 Å². The molecule has 21 heavy (non-hydrogen) atoms. The van der Waals surface area contributed by atoms with Crippen LogP contribution in [-0.2, 0) is 11.3 Å². The summed E-state index contributed by atoms with van der Waals surface area (Å²) in [5.41, 5.74) is 2.92. The average Bonchev–Trinajstić information content (AvgIpc) is 3.31. The average molecular weight is 287 g/mol. The number of benzene rings is 1. The lowest BCUT2D eigenvalue weighted by Gasteiger charge is -2.30. The van der Waals surface area contributed by atoms with Crippen molar-refractivity contribution in [2.75, 3.05) is 25.2 Å². The Balaban J connectivity index is 2.15. The number of likely N-dealkylation sites (N-methyl/N-ethyl adjacent to an activating group) is 1. The van der Waals surface area contributed by atoms with Crippen molar-refractivity contribution >= 4 is 5.69 Å². The van der Waals surface area contributed by atoms with Crippen molar-refractivity contribution in [1.29, 1.82) is 5.26 Å². The van der Waals surface area contributed by atoms with Crippen LogP contribution in [0.4, 0.5) is 5.69 Å². The maximum atomic E-state index is 9.46. The molecule has 0 aliphatic heterocycles. The zero-order chi connectivity index (χ0) is 15.2. The maximum Gasteiger partial charge on any atom is 0.101 e. The van der Waals surface area contributed by atoms with Crippen molar-refractivity contribution in [2.45, 2.75) is 45.3 Å². The summed E-state index contributed by atoms with van der Waals surface area (Å²) < 4.78 is 5.24. The topological polar surface area (TPSA) is 48.3 Å². The highest BCUT2D eigenvalue weighted by Gasteiger charge is 2.20. The van der Waals surface area contributed by atoms with Crippen LogP contribution in [0.5, 0.6) is 0 Å². The van der Waals surface area contributed by atoms with Gasteiger partial charge >= 0.3 is 0 Å². The van der Waals surface area contributed by atoms with Gasteiger partial charge in [-0.25, -0.2) is 0 Å². The van der Waals surface area contributed by atoms with Gasteiger partial charge < -0.3 is 15.0 Å². The van der Waals surface area contributed by atoms with Gasteiger partial charge in [0.1, 0.15) is 6.07 Å². The third kappa shape index (κ3) is 4.20. The van der Waals surface area contributed by atoms with Gasteiger partial charge in [-0.3, -0.25) is 0 Å². The molecule has 0 saturated heterocycles. The molecule has 0 radical (unpaired) electrons. The van der Waals surface area contributed by atoms with Crippen molar-refractivity contribution in [2.24, 2.45) is 0 Å². The van der Waals surface area contributed by atoms with Crippen molar-refractivity contribution in [3.05, 3.63) is 29.3 Å². The molecule has 114 valence electrons.